The van der Waals surface area contributed by atoms with Crippen molar-refractivity contribution < 1.29 is 10.0 Å². The van der Waals surface area contributed by atoms with E-state index in [9.17, 15) is 4.79 Å². The lowest BCUT2D eigenvalue weighted by atomic mass is 9.96. The van der Waals surface area contributed by atoms with E-state index < -0.39 is 0 Å². The third kappa shape index (κ3) is 3.91. The maximum absolute atomic E-state index is 12.2. The van der Waals surface area contributed by atoms with Crippen LogP contribution in [0.15, 0.2) is 5.16 Å². The number of nitrogens with two attached hydrogens (primary N) is 1. The maximum Gasteiger partial charge on any atom is 0.225 e. The predicted molar refractivity (Wildman–Crippen MR) is 66.8 cm³/mol. The van der Waals surface area contributed by atoms with Gasteiger partial charge in [-0.3, -0.25) is 4.79 Å². The molecular weight excluding hydrogens is 218 g/mol. The Labute approximate surface area is 103 Å². The summed E-state index contributed by atoms with van der Waals surface area (Å²) in [5.41, 5.74) is 5.44. The van der Waals surface area contributed by atoms with Gasteiger partial charge in [-0.15, -0.1) is 0 Å². The summed E-state index contributed by atoms with van der Waals surface area (Å²) in [5.74, 6) is 0.740. The first-order chi connectivity index (χ1) is 7.97. The molecule has 17 heavy (non-hydrogen) atoms. The molecule has 1 atom stereocenters. The van der Waals surface area contributed by atoms with Crippen molar-refractivity contribution in [1.29, 1.82) is 0 Å². The molecule has 0 aromatic carbocycles. The molecule has 0 heterocycles. The molecule has 0 saturated heterocycles. The molecule has 0 bridgehead atoms. The molecule has 3 N–H and O–H groups in total. The van der Waals surface area contributed by atoms with E-state index in [4.69, 9.17) is 10.9 Å². The lowest BCUT2D eigenvalue weighted by molar-refractivity contribution is -0.136. The number of hydrogen-bond acceptors (Lipinski definition) is 3. The van der Waals surface area contributed by atoms with Crippen molar-refractivity contribution in [2.24, 2.45) is 22.7 Å². The van der Waals surface area contributed by atoms with Gasteiger partial charge in [0.05, 0.1) is 0 Å². The number of hydrogen-bond donors (Lipinski definition) is 2. The summed E-state index contributed by atoms with van der Waals surface area (Å²) >= 11 is 0. The highest BCUT2D eigenvalue weighted by atomic mass is 16.4. The summed E-state index contributed by atoms with van der Waals surface area (Å²) in [6.45, 7) is 6.62. The van der Waals surface area contributed by atoms with Crippen LogP contribution in [0.1, 0.15) is 40.0 Å². The summed E-state index contributed by atoms with van der Waals surface area (Å²) in [6, 6.07) is 0.371. The number of oxime groups is 1. The van der Waals surface area contributed by atoms with E-state index in [0.29, 0.717) is 24.9 Å². The molecular formula is C12H23N3O2. The van der Waals surface area contributed by atoms with Gasteiger partial charge in [0.1, 0.15) is 5.84 Å². The van der Waals surface area contributed by atoms with Crippen LogP contribution in [0, 0.1) is 11.8 Å². The molecule has 0 spiro atoms. The van der Waals surface area contributed by atoms with E-state index in [0.717, 1.165) is 12.8 Å². The van der Waals surface area contributed by atoms with Crippen LogP contribution in [-0.4, -0.2) is 34.4 Å². The Hall–Kier alpha value is -1.26. The molecule has 1 saturated carbocycles. The molecule has 1 aliphatic rings. The number of carbonyl (C=O) groups excluding carboxylic acids is 1. The van der Waals surface area contributed by atoms with Crippen molar-refractivity contribution in [3.05, 3.63) is 0 Å². The third-order valence-corrected chi connectivity index (χ3v) is 3.40. The summed E-state index contributed by atoms with van der Waals surface area (Å²) < 4.78 is 0. The highest BCUT2D eigenvalue weighted by molar-refractivity contribution is 5.82. The van der Waals surface area contributed by atoms with Crippen LogP contribution in [0.5, 0.6) is 0 Å². The zero-order valence-corrected chi connectivity index (χ0v) is 10.9. The summed E-state index contributed by atoms with van der Waals surface area (Å²) in [6.07, 6.45) is 2.59. The fourth-order valence-electron chi connectivity index (χ4n) is 1.69. The molecule has 1 rings (SSSR count). The van der Waals surface area contributed by atoms with Crippen LogP contribution in [0.4, 0.5) is 0 Å². The second-order valence-corrected chi connectivity index (χ2v) is 5.14. The fourth-order valence-corrected chi connectivity index (χ4v) is 1.69. The lowest BCUT2D eigenvalue weighted by Gasteiger charge is -2.27. The number of amides is 1. The van der Waals surface area contributed by atoms with Gasteiger partial charge in [0.2, 0.25) is 5.91 Å². The van der Waals surface area contributed by atoms with Crippen molar-refractivity contribution >= 4 is 11.7 Å². The Balaban J connectivity index is 2.56. The van der Waals surface area contributed by atoms with Crippen molar-refractivity contribution in [1.82, 2.24) is 4.90 Å². The Morgan fingerprint density at radius 2 is 2.06 bits per heavy atom. The zero-order valence-electron chi connectivity index (χ0n) is 10.9. The highest BCUT2D eigenvalue weighted by Crippen LogP contribution is 2.29. The van der Waals surface area contributed by atoms with Crippen molar-refractivity contribution in [2.75, 3.05) is 6.54 Å². The van der Waals surface area contributed by atoms with Gasteiger partial charge in [-0.25, -0.2) is 0 Å². The van der Waals surface area contributed by atoms with E-state index in [1.807, 2.05) is 11.8 Å². The van der Waals surface area contributed by atoms with Gasteiger partial charge in [-0.2, -0.15) is 0 Å². The van der Waals surface area contributed by atoms with Crippen LogP contribution in [0.2, 0.25) is 0 Å². The fraction of sp³-hybridized carbons (Fsp3) is 0.833. The number of amidine groups is 1. The molecule has 1 aliphatic carbocycles. The standard InChI is InChI=1S/C12H23N3O2/c1-8(2)9(3)12(16)15(10-4-5-10)7-6-11(13)14-17/h8-10,17H,4-7H2,1-3H3,(H2,13,14). The first-order valence-corrected chi connectivity index (χ1v) is 6.24. The molecule has 0 aromatic rings. The topological polar surface area (TPSA) is 78.9 Å². The van der Waals surface area contributed by atoms with Crippen LogP contribution >= 0.6 is 0 Å². The number of rotatable bonds is 6. The van der Waals surface area contributed by atoms with E-state index in [1.165, 1.54) is 0 Å². The molecule has 1 unspecified atom stereocenters. The number of nitrogens with zero attached hydrogens (tertiary/aromatic N) is 2. The van der Waals surface area contributed by atoms with Gasteiger partial charge in [0.15, 0.2) is 0 Å². The zero-order chi connectivity index (χ0) is 13.0. The first kappa shape index (κ1) is 13.8. The molecule has 98 valence electrons. The van der Waals surface area contributed by atoms with Gasteiger partial charge in [0.25, 0.3) is 0 Å². The van der Waals surface area contributed by atoms with Crippen molar-refractivity contribution in [3.63, 3.8) is 0 Å². The molecule has 5 nitrogen and oxygen atoms in total. The Kier molecular flexibility index (Phi) is 4.78. The minimum absolute atomic E-state index is 0.0305. The van der Waals surface area contributed by atoms with Crippen LogP contribution < -0.4 is 5.73 Å². The molecule has 5 heteroatoms. The SMILES string of the molecule is CC(C)C(C)C(=O)N(CCC(N)=NO)C1CC1. The average molecular weight is 241 g/mol. The quantitative estimate of drug-likeness (QED) is 0.319. The molecule has 1 fully saturated rings. The minimum atomic E-state index is 0.0305. The third-order valence-electron chi connectivity index (χ3n) is 3.40. The van der Waals surface area contributed by atoms with Gasteiger partial charge in [-0.05, 0) is 18.8 Å². The van der Waals surface area contributed by atoms with Crippen LogP contribution in [0.25, 0.3) is 0 Å². The number of carbonyl (C=O) groups is 1. The normalized spacial score (nSPS) is 18.2. The average Bonchev–Trinajstić information content (AvgIpc) is 3.11. The summed E-state index contributed by atoms with van der Waals surface area (Å²) in [5, 5.41) is 11.4. The summed E-state index contributed by atoms with van der Waals surface area (Å²) in [7, 11) is 0. The van der Waals surface area contributed by atoms with Gasteiger partial charge < -0.3 is 15.8 Å². The van der Waals surface area contributed by atoms with Gasteiger partial charge in [-0.1, -0.05) is 25.9 Å². The maximum atomic E-state index is 12.2. The lowest BCUT2D eigenvalue weighted by Crippen LogP contribution is -2.40. The molecule has 0 aromatic heterocycles. The second-order valence-electron chi connectivity index (χ2n) is 5.14. The Bertz CT molecular complexity index is 298. The highest BCUT2D eigenvalue weighted by Gasteiger charge is 2.34. The smallest absolute Gasteiger partial charge is 0.225 e. The Morgan fingerprint density at radius 1 is 1.47 bits per heavy atom. The van der Waals surface area contributed by atoms with E-state index in [2.05, 4.69) is 19.0 Å². The predicted octanol–water partition coefficient (Wildman–Crippen LogP) is 1.41. The van der Waals surface area contributed by atoms with E-state index in [-0.39, 0.29) is 17.7 Å². The van der Waals surface area contributed by atoms with E-state index in [1.54, 1.807) is 0 Å². The van der Waals surface area contributed by atoms with Crippen molar-refractivity contribution in [3.8, 4) is 0 Å². The molecule has 1 amide bonds. The molecule has 0 aliphatic heterocycles. The first-order valence-electron chi connectivity index (χ1n) is 6.24. The minimum Gasteiger partial charge on any atom is -0.409 e. The summed E-state index contributed by atoms with van der Waals surface area (Å²) in [4.78, 5) is 14.1. The van der Waals surface area contributed by atoms with Crippen molar-refractivity contribution in [2.45, 2.75) is 46.1 Å². The van der Waals surface area contributed by atoms with Gasteiger partial charge in [0, 0.05) is 24.9 Å². The van der Waals surface area contributed by atoms with E-state index >= 15 is 0 Å². The van der Waals surface area contributed by atoms with Crippen LogP contribution in [-0.2, 0) is 4.79 Å². The monoisotopic (exact) mass is 241 g/mol. The second kappa shape index (κ2) is 5.89. The Morgan fingerprint density at radius 3 is 2.47 bits per heavy atom. The molecule has 0 radical (unpaired) electrons. The van der Waals surface area contributed by atoms with Gasteiger partial charge >= 0.3 is 0 Å². The van der Waals surface area contributed by atoms with Crippen LogP contribution in [0.3, 0.4) is 0 Å². The largest absolute Gasteiger partial charge is 0.409 e.